The topological polar surface area (TPSA) is 26.0 Å². The van der Waals surface area contributed by atoms with Crippen molar-refractivity contribution in [3.05, 3.63) is 35.4 Å². The van der Waals surface area contributed by atoms with Crippen molar-refractivity contribution in [2.75, 3.05) is 0 Å². The summed E-state index contributed by atoms with van der Waals surface area (Å²) in [5, 5.41) is 0. The second-order valence-electron chi connectivity index (χ2n) is 5.41. The Morgan fingerprint density at radius 2 is 2.13 bits per heavy atom. The minimum Gasteiger partial charge on any atom is -0.324 e. The third-order valence-corrected chi connectivity index (χ3v) is 4.36. The molecule has 0 spiro atoms. The zero-order valence-electron chi connectivity index (χ0n) is 9.37. The van der Waals surface area contributed by atoms with Gasteiger partial charge in [0, 0.05) is 11.5 Å². The molecule has 2 fully saturated rings. The Bertz CT molecular complexity index is 381. The molecule has 0 aliphatic heterocycles. The standard InChI is InChI=1S/C14H19N/c1-10-4-2-5-11(8-10)13-9-14(13,15)12-6-3-7-12/h2,4-5,8,12-13H,3,6-7,9,15H2,1H3. The largest absolute Gasteiger partial charge is 0.324 e. The molecule has 0 amide bonds. The van der Waals surface area contributed by atoms with Gasteiger partial charge in [-0.2, -0.15) is 0 Å². The summed E-state index contributed by atoms with van der Waals surface area (Å²) < 4.78 is 0. The van der Waals surface area contributed by atoms with Crippen molar-refractivity contribution < 1.29 is 0 Å². The monoisotopic (exact) mass is 201 g/mol. The van der Waals surface area contributed by atoms with Gasteiger partial charge in [-0.25, -0.2) is 0 Å². The van der Waals surface area contributed by atoms with E-state index >= 15 is 0 Å². The summed E-state index contributed by atoms with van der Waals surface area (Å²) in [7, 11) is 0. The van der Waals surface area contributed by atoms with E-state index < -0.39 is 0 Å². The summed E-state index contributed by atoms with van der Waals surface area (Å²) in [6.07, 6.45) is 5.32. The second-order valence-corrected chi connectivity index (χ2v) is 5.41. The van der Waals surface area contributed by atoms with Gasteiger partial charge in [0.1, 0.15) is 0 Å². The minimum atomic E-state index is 0.159. The van der Waals surface area contributed by atoms with Crippen molar-refractivity contribution in [2.45, 2.75) is 44.1 Å². The molecule has 80 valence electrons. The van der Waals surface area contributed by atoms with Gasteiger partial charge in [-0.3, -0.25) is 0 Å². The van der Waals surface area contributed by atoms with Crippen LogP contribution in [0.25, 0.3) is 0 Å². The molecule has 0 saturated heterocycles. The molecule has 2 aliphatic rings. The van der Waals surface area contributed by atoms with Gasteiger partial charge in [-0.05, 0) is 37.7 Å². The summed E-state index contributed by atoms with van der Waals surface area (Å²) in [5.41, 5.74) is 9.46. The molecule has 2 saturated carbocycles. The quantitative estimate of drug-likeness (QED) is 0.782. The fourth-order valence-electron chi connectivity index (χ4n) is 3.01. The first-order chi connectivity index (χ1) is 7.20. The average Bonchev–Trinajstić information content (AvgIpc) is 2.75. The lowest BCUT2D eigenvalue weighted by Crippen LogP contribution is -2.38. The molecule has 1 nitrogen and oxygen atoms in total. The van der Waals surface area contributed by atoms with Crippen LogP contribution in [0.4, 0.5) is 0 Å². The van der Waals surface area contributed by atoms with Crippen LogP contribution in [0, 0.1) is 12.8 Å². The summed E-state index contributed by atoms with van der Waals surface area (Å²) in [6.45, 7) is 2.16. The zero-order valence-corrected chi connectivity index (χ0v) is 9.37. The first-order valence-corrected chi connectivity index (χ1v) is 6.05. The molecule has 0 aromatic heterocycles. The molecule has 0 heterocycles. The summed E-state index contributed by atoms with van der Waals surface area (Å²) in [5.74, 6) is 1.45. The zero-order chi connectivity index (χ0) is 10.5. The molecular formula is C14H19N. The van der Waals surface area contributed by atoms with Crippen LogP contribution in [0.15, 0.2) is 24.3 Å². The Hall–Kier alpha value is -0.820. The van der Waals surface area contributed by atoms with E-state index in [1.54, 1.807) is 0 Å². The molecular weight excluding hydrogens is 182 g/mol. The van der Waals surface area contributed by atoms with E-state index in [9.17, 15) is 0 Å². The highest BCUT2D eigenvalue weighted by Gasteiger charge is 2.57. The molecule has 2 unspecified atom stereocenters. The van der Waals surface area contributed by atoms with Gasteiger partial charge in [0.2, 0.25) is 0 Å². The van der Waals surface area contributed by atoms with Gasteiger partial charge in [0.25, 0.3) is 0 Å². The highest BCUT2D eigenvalue weighted by atomic mass is 14.9. The lowest BCUT2D eigenvalue weighted by molar-refractivity contribution is 0.242. The molecule has 2 aliphatic carbocycles. The van der Waals surface area contributed by atoms with Gasteiger partial charge in [0.05, 0.1) is 0 Å². The predicted molar refractivity (Wildman–Crippen MR) is 62.8 cm³/mol. The van der Waals surface area contributed by atoms with Crippen LogP contribution in [0.2, 0.25) is 0 Å². The number of nitrogens with two attached hydrogens (primary N) is 1. The van der Waals surface area contributed by atoms with Crippen molar-refractivity contribution in [3.8, 4) is 0 Å². The van der Waals surface area contributed by atoms with Gasteiger partial charge in [0.15, 0.2) is 0 Å². The van der Waals surface area contributed by atoms with Gasteiger partial charge >= 0.3 is 0 Å². The van der Waals surface area contributed by atoms with E-state index in [1.165, 1.54) is 36.8 Å². The van der Waals surface area contributed by atoms with E-state index in [4.69, 9.17) is 5.73 Å². The maximum absolute atomic E-state index is 6.48. The molecule has 1 heteroatoms. The van der Waals surface area contributed by atoms with Crippen molar-refractivity contribution >= 4 is 0 Å². The Labute approximate surface area is 91.7 Å². The summed E-state index contributed by atoms with van der Waals surface area (Å²) >= 11 is 0. The van der Waals surface area contributed by atoms with Gasteiger partial charge < -0.3 is 5.73 Å². The lowest BCUT2D eigenvalue weighted by Gasteiger charge is -2.32. The van der Waals surface area contributed by atoms with Gasteiger partial charge in [-0.1, -0.05) is 36.2 Å². The number of aryl methyl sites for hydroxylation is 1. The number of hydrogen-bond donors (Lipinski definition) is 1. The number of benzene rings is 1. The molecule has 1 aromatic carbocycles. The summed E-state index contributed by atoms with van der Waals surface area (Å²) in [4.78, 5) is 0. The van der Waals surface area contributed by atoms with Gasteiger partial charge in [-0.15, -0.1) is 0 Å². The Morgan fingerprint density at radius 3 is 2.73 bits per heavy atom. The fraction of sp³-hybridized carbons (Fsp3) is 0.571. The smallest absolute Gasteiger partial charge is 0.0259 e. The molecule has 2 atom stereocenters. The average molecular weight is 201 g/mol. The van der Waals surface area contributed by atoms with Crippen molar-refractivity contribution in [3.63, 3.8) is 0 Å². The Kier molecular flexibility index (Phi) is 1.93. The lowest BCUT2D eigenvalue weighted by atomic mass is 9.77. The van der Waals surface area contributed by atoms with Crippen molar-refractivity contribution in [2.24, 2.45) is 11.7 Å². The van der Waals surface area contributed by atoms with Crippen LogP contribution in [-0.2, 0) is 0 Å². The first-order valence-electron chi connectivity index (χ1n) is 6.05. The third-order valence-electron chi connectivity index (χ3n) is 4.36. The van der Waals surface area contributed by atoms with Crippen LogP contribution in [0.3, 0.4) is 0 Å². The third kappa shape index (κ3) is 1.41. The highest BCUT2D eigenvalue weighted by Crippen LogP contribution is 2.58. The fourth-order valence-corrected chi connectivity index (χ4v) is 3.01. The highest BCUT2D eigenvalue weighted by molar-refractivity contribution is 5.36. The van der Waals surface area contributed by atoms with Crippen LogP contribution in [-0.4, -0.2) is 5.54 Å². The molecule has 3 rings (SSSR count). The number of hydrogen-bond acceptors (Lipinski definition) is 1. The molecule has 0 bridgehead atoms. The summed E-state index contributed by atoms with van der Waals surface area (Å²) in [6, 6.07) is 8.86. The van der Waals surface area contributed by atoms with E-state index in [0.29, 0.717) is 5.92 Å². The number of rotatable bonds is 2. The normalized spacial score (nSPS) is 34.9. The molecule has 15 heavy (non-hydrogen) atoms. The van der Waals surface area contributed by atoms with Crippen molar-refractivity contribution in [1.29, 1.82) is 0 Å². The second kappa shape index (κ2) is 3.08. The van der Waals surface area contributed by atoms with Crippen LogP contribution < -0.4 is 5.73 Å². The predicted octanol–water partition coefficient (Wildman–Crippen LogP) is 2.98. The molecule has 2 N–H and O–H groups in total. The van der Waals surface area contributed by atoms with E-state index in [2.05, 4.69) is 31.2 Å². The molecule has 1 aromatic rings. The van der Waals surface area contributed by atoms with Crippen molar-refractivity contribution in [1.82, 2.24) is 0 Å². The van der Waals surface area contributed by atoms with Crippen LogP contribution in [0.1, 0.15) is 42.7 Å². The maximum atomic E-state index is 6.48. The minimum absolute atomic E-state index is 0.159. The van der Waals surface area contributed by atoms with E-state index in [1.807, 2.05) is 0 Å². The first kappa shape index (κ1) is 9.41. The maximum Gasteiger partial charge on any atom is 0.0259 e. The Morgan fingerprint density at radius 1 is 1.33 bits per heavy atom. The molecule has 0 radical (unpaired) electrons. The van der Waals surface area contributed by atoms with E-state index in [0.717, 1.165) is 5.92 Å². The SMILES string of the molecule is Cc1cccc(C2CC2(N)C2CCC2)c1. The van der Waals surface area contributed by atoms with Crippen LogP contribution >= 0.6 is 0 Å². The van der Waals surface area contributed by atoms with E-state index in [-0.39, 0.29) is 5.54 Å². The van der Waals surface area contributed by atoms with Crippen LogP contribution in [0.5, 0.6) is 0 Å². The Balaban J connectivity index is 1.80.